The molecular weight excluding hydrogens is 272 g/mol. The van der Waals surface area contributed by atoms with Crippen molar-refractivity contribution < 1.29 is 19.4 Å². The van der Waals surface area contributed by atoms with Gasteiger partial charge in [0, 0.05) is 12.6 Å². The van der Waals surface area contributed by atoms with Gasteiger partial charge < -0.3 is 14.7 Å². The smallest absolute Gasteiger partial charge is 0.305 e. The van der Waals surface area contributed by atoms with Crippen LogP contribution in [0.3, 0.4) is 0 Å². The third-order valence-electron chi connectivity index (χ3n) is 2.86. The standard InChI is InChI=1S/C15H18N2O4/c1-11(2)17(8-7-15(19)20)14(18)10-21-13-5-3-12(9-16)4-6-13/h3-6,11H,7-8,10H2,1-2H3,(H,19,20). The van der Waals surface area contributed by atoms with E-state index in [1.807, 2.05) is 19.9 Å². The lowest BCUT2D eigenvalue weighted by molar-refractivity contribution is -0.139. The molecule has 112 valence electrons. The second kappa shape index (κ2) is 7.90. The number of nitrogens with zero attached hydrogens (tertiary/aromatic N) is 2. The van der Waals surface area contributed by atoms with Crippen molar-refractivity contribution in [3.63, 3.8) is 0 Å². The van der Waals surface area contributed by atoms with E-state index in [1.165, 1.54) is 4.90 Å². The minimum absolute atomic E-state index is 0.0959. The molecule has 1 aromatic rings. The molecule has 0 atom stereocenters. The number of benzene rings is 1. The van der Waals surface area contributed by atoms with Gasteiger partial charge in [-0.15, -0.1) is 0 Å². The molecule has 0 heterocycles. The van der Waals surface area contributed by atoms with Gasteiger partial charge in [-0.2, -0.15) is 5.26 Å². The van der Waals surface area contributed by atoms with Crippen molar-refractivity contribution in [1.82, 2.24) is 4.90 Å². The lowest BCUT2D eigenvalue weighted by Crippen LogP contribution is -2.41. The second-order valence-electron chi connectivity index (χ2n) is 4.75. The van der Waals surface area contributed by atoms with Gasteiger partial charge in [0.25, 0.3) is 5.91 Å². The first-order valence-corrected chi connectivity index (χ1v) is 6.58. The largest absolute Gasteiger partial charge is 0.484 e. The Balaban J connectivity index is 2.56. The molecule has 0 saturated heterocycles. The summed E-state index contributed by atoms with van der Waals surface area (Å²) < 4.78 is 5.36. The summed E-state index contributed by atoms with van der Waals surface area (Å²) in [7, 11) is 0. The maximum absolute atomic E-state index is 12.0. The topological polar surface area (TPSA) is 90.6 Å². The first kappa shape index (κ1) is 16.5. The van der Waals surface area contributed by atoms with Crippen LogP contribution in [-0.4, -0.2) is 41.1 Å². The van der Waals surface area contributed by atoms with Crippen molar-refractivity contribution in [2.24, 2.45) is 0 Å². The Hall–Kier alpha value is -2.55. The molecule has 1 amide bonds. The SMILES string of the molecule is CC(C)N(CCC(=O)O)C(=O)COc1ccc(C#N)cc1. The van der Waals surface area contributed by atoms with E-state index in [4.69, 9.17) is 15.1 Å². The summed E-state index contributed by atoms with van der Waals surface area (Å²) in [6.45, 7) is 3.63. The number of rotatable bonds is 7. The van der Waals surface area contributed by atoms with E-state index < -0.39 is 5.97 Å². The van der Waals surface area contributed by atoms with Gasteiger partial charge in [-0.25, -0.2) is 0 Å². The Morgan fingerprint density at radius 2 is 1.95 bits per heavy atom. The van der Waals surface area contributed by atoms with Crippen LogP contribution in [0, 0.1) is 11.3 Å². The third kappa shape index (κ3) is 5.53. The van der Waals surface area contributed by atoms with Crippen LogP contribution >= 0.6 is 0 Å². The lowest BCUT2D eigenvalue weighted by atomic mass is 10.2. The van der Waals surface area contributed by atoms with E-state index in [-0.39, 0.29) is 31.5 Å². The Bertz CT molecular complexity index is 532. The summed E-state index contributed by atoms with van der Waals surface area (Å²) in [6.07, 6.45) is -0.0964. The molecule has 1 N–H and O–H groups in total. The molecule has 0 radical (unpaired) electrons. The van der Waals surface area contributed by atoms with Crippen LogP contribution in [0.4, 0.5) is 0 Å². The highest BCUT2D eigenvalue weighted by molar-refractivity contribution is 5.78. The fourth-order valence-corrected chi connectivity index (χ4v) is 1.74. The molecule has 0 unspecified atom stereocenters. The number of carbonyl (C=O) groups is 2. The maximum Gasteiger partial charge on any atom is 0.305 e. The first-order valence-electron chi connectivity index (χ1n) is 6.58. The average molecular weight is 290 g/mol. The van der Waals surface area contributed by atoms with Gasteiger partial charge >= 0.3 is 5.97 Å². The van der Waals surface area contributed by atoms with Crippen molar-refractivity contribution >= 4 is 11.9 Å². The molecule has 0 aliphatic carbocycles. The lowest BCUT2D eigenvalue weighted by Gasteiger charge is -2.26. The van der Waals surface area contributed by atoms with E-state index in [0.29, 0.717) is 11.3 Å². The third-order valence-corrected chi connectivity index (χ3v) is 2.86. The highest BCUT2D eigenvalue weighted by Crippen LogP contribution is 2.12. The monoisotopic (exact) mass is 290 g/mol. The average Bonchev–Trinajstić information content (AvgIpc) is 2.45. The molecule has 1 aromatic carbocycles. The first-order chi connectivity index (χ1) is 9.93. The van der Waals surface area contributed by atoms with Gasteiger partial charge in [0.2, 0.25) is 0 Å². The zero-order chi connectivity index (χ0) is 15.8. The molecule has 0 aliphatic heterocycles. The molecule has 0 bridgehead atoms. The number of carboxylic acid groups (broad SMARTS) is 1. The van der Waals surface area contributed by atoms with E-state index in [1.54, 1.807) is 24.3 Å². The molecule has 0 saturated carbocycles. The van der Waals surface area contributed by atoms with Crippen molar-refractivity contribution in [3.8, 4) is 11.8 Å². The fraction of sp³-hybridized carbons (Fsp3) is 0.400. The second-order valence-corrected chi connectivity index (χ2v) is 4.75. The van der Waals surface area contributed by atoms with Crippen LogP contribution in [0.5, 0.6) is 5.75 Å². The molecule has 0 aromatic heterocycles. The van der Waals surface area contributed by atoms with Crippen LogP contribution < -0.4 is 4.74 Å². The normalized spacial score (nSPS) is 10.0. The van der Waals surface area contributed by atoms with Crippen LogP contribution in [0.25, 0.3) is 0 Å². The summed E-state index contributed by atoms with van der Waals surface area (Å²) in [5.41, 5.74) is 0.513. The number of hydrogen-bond donors (Lipinski definition) is 1. The number of carboxylic acids is 1. The summed E-state index contributed by atoms with van der Waals surface area (Å²) in [6, 6.07) is 8.33. The molecule has 0 aliphatic rings. The molecular formula is C15H18N2O4. The van der Waals surface area contributed by atoms with Crippen LogP contribution in [0.15, 0.2) is 24.3 Å². The van der Waals surface area contributed by atoms with Gasteiger partial charge in [0.15, 0.2) is 6.61 Å². The molecule has 1 rings (SSSR count). The summed E-state index contributed by atoms with van der Waals surface area (Å²) >= 11 is 0. The predicted molar refractivity (Wildman–Crippen MR) is 75.8 cm³/mol. The van der Waals surface area contributed by atoms with E-state index >= 15 is 0 Å². The maximum atomic E-state index is 12.0. The van der Waals surface area contributed by atoms with E-state index in [2.05, 4.69) is 0 Å². The minimum atomic E-state index is -0.943. The van der Waals surface area contributed by atoms with Gasteiger partial charge in [-0.1, -0.05) is 0 Å². The van der Waals surface area contributed by atoms with Gasteiger partial charge in [0.05, 0.1) is 18.1 Å². The zero-order valence-corrected chi connectivity index (χ0v) is 12.1. The molecule has 6 nitrogen and oxygen atoms in total. The zero-order valence-electron chi connectivity index (χ0n) is 12.1. The van der Waals surface area contributed by atoms with Crippen LogP contribution in [0.1, 0.15) is 25.8 Å². The Labute approximate surface area is 123 Å². The van der Waals surface area contributed by atoms with Crippen LogP contribution in [-0.2, 0) is 9.59 Å². The molecule has 6 heteroatoms. The fourth-order valence-electron chi connectivity index (χ4n) is 1.74. The Morgan fingerprint density at radius 3 is 2.43 bits per heavy atom. The number of amides is 1. The summed E-state index contributed by atoms with van der Waals surface area (Å²) in [4.78, 5) is 24.1. The number of ether oxygens (including phenoxy) is 1. The number of aliphatic carboxylic acids is 1. The van der Waals surface area contributed by atoms with Crippen LogP contribution in [0.2, 0.25) is 0 Å². The molecule has 0 spiro atoms. The Morgan fingerprint density at radius 1 is 1.33 bits per heavy atom. The quantitative estimate of drug-likeness (QED) is 0.824. The Kier molecular flexibility index (Phi) is 6.21. The summed E-state index contributed by atoms with van der Waals surface area (Å²) in [5.74, 6) is -0.721. The van der Waals surface area contributed by atoms with E-state index in [9.17, 15) is 9.59 Å². The number of nitriles is 1. The minimum Gasteiger partial charge on any atom is -0.484 e. The predicted octanol–water partition coefficient (Wildman–Crippen LogP) is 1.65. The highest BCUT2D eigenvalue weighted by Gasteiger charge is 2.18. The van der Waals surface area contributed by atoms with Crippen molar-refractivity contribution in [2.75, 3.05) is 13.2 Å². The molecule has 21 heavy (non-hydrogen) atoms. The summed E-state index contributed by atoms with van der Waals surface area (Å²) in [5, 5.41) is 17.4. The van der Waals surface area contributed by atoms with Crippen molar-refractivity contribution in [3.05, 3.63) is 29.8 Å². The van der Waals surface area contributed by atoms with Gasteiger partial charge in [0.1, 0.15) is 5.75 Å². The van der Waals surface area contributed by atoms with Crippen molar-refractivity contribution in [2.45, 2.75) is 26.3 Å². The highest BCUT2D eigenvalue weighted by atomic mass is 16.5. The van der Waals surface area contributed by atoms with E-state index in [0.717, 1.165) is 0 Å². The molecule has 0 fully saturated rings. The number of carbonyl (C=O) groups excluding carboxylic acids is 1. The van der Waals surface area contributed by atoms with Crippen molar-refractivity contribution in [1.29, 1.82) is 5.26 Å². The number of hydrogen-bond acceptors (Lipinski definition) is 4. The van der Waals surface area contributed by atoms with Gasteiger partial charge in [-0.05, 0) is 38.1 Å². The van der Waals surface area contributed by atoms with Gasteiger partial charge in [-0.3, -0.25) is 9.59 Å².